The fraction of sp³-hybridized carbons (Fsp3) is 0.167. The molecule has 1 aliphatic heterocycles. The lowest BCUT2D eigenvalue weighted by Crippen LogP contribution is -2.35. The van der Waals surface area contributed by atoms with Crippen LogP contribution in [0.25, 0.3) is 0 Å². The van der Waals surface area contributed by atoms with Crippen molar-refractivity contribution in [2.24, 2.45) is 0 Å². The van der Waals surface area contributed by atoms with Gasteiger partial charge in [-0.15, -0.1) is 0 Å². The summed E-state index contributed by atoms with van der Waals surface area (Å²) >= 11 is 6.05. The molecule has 4 rings (SSSR count). The fourth-order valence-corrected chi connectivity index (χ4v) is 3.82. The van der Waals surface area contributed by atoms with E-state index in [1.807, 2.05) is 43.3 Å². The topological polar surface area (TPSA) is 49.4 Å². The number of carbonyl (C=O) groups is 2. The number of rotatable bonds is 3. The van der Waals surface area contributed by atoms with Gasteiger partial charge in [0.2, 0.25) is 0 Å². The van der Waals surface area contributed by atoms with Gasteiger partial charge in [0.1, 0.15) is 0 Å². The van der Waals surface area contributed by atoms with Gasteiger partial charge < -0.3 is 10.2 Å². The van der Waals surface area contributed by atoms with Gasteiger partial charge in [-0.25, -0.2) is 0 Å². The summed E-state index contributed by atoms with van der Waals surface area (Å²) in [4.78, 5) is 27.5. The van der Waals surface area contributed by atoms with Crippen LogP contribution >= 0.6 is 11.6 Å². The van der Waals surface area contributed by atoms with Crippen molar-refractivity contribution < 1.29 is 9.59 Å². The average Bonchev–Trinajstić information content (AvgIpc) is 2.74. The Hall–Kier alpha value is -3.11. The minimum absolute atomic E-state index is 0.0782. The molecule has 0 saturated heterocycles. The number of benzene rings is 3. The van der Waals surface area contributed by atoms with Crippen LogP contribution in [0.2, 0.25) is 5.02 Å². The van der Waals surface area contributed by atoms with Crippen molar-refractivity contribution in [3.05, 3.63) is 94.0 Å². The molecule has 0 radical (unpaired) electrons. The van der Waals surface area contributed by atoms with Crippen molar-refractivity contribution in [2.75, 3.05) is 16.8 Å². The highest BCUT2D eigenvalue weighted by atomic mass is 35.5. The van der Waals surface area contributed by atoms with Crippen LogP contribution in [0.3, 0.4) is 0 Å². The summed E-state index contributed by atoms with van der Waals surface area (Å²) < 4.78 is 0. The number of hydrogen-bond acceptors (Lipinski definition) is 2. The molecule has 0 atom stereocenters. The van der Waals surface area contributed by atoms with Gasteiger partial charge in [-0.3, -0.25) is 9.59 Å². The lowest BCUT2D eigenvalue weighted by molar-refractivity contribution is 0.0984. The first-order valence-electron chi connectivity index (χ1n) is 9.60. The molecule has 0 fully saturated rings. The Labute approximate surface area is 175 Å². The van der Waals surface area contributed by atoms with Gasteiger partial charge in [-0.2, -0.15) is 0 Å². The van der Waals surface area contributed by atoms with Crippen LogP contribution in [0.4, 0.5) is 11.4 Å². The van der Waals surface area contributed by atoms with Crippen LogP contribution in [0.5, 0.6) is 0 Å². The van der Waals surface area contributed by atoms with Gasteiger partial charge in [0.15, 0.2) is 0 Å². The van der Waals surface area contributed by atoms with Crippen molar-refractivity contribution in [3.63, 3.8) is 0 Å². The van der Waals surface area contributed by atoms with E-state index < -0.39 is 0 Å². The Morgan fingerprint density at radius 2 is 1.79 bits per heavy atom. The Morgan fingerprint density at radius 3 is 2.59 bits per heavy atom. The van der Waals surface area contributed by atoms with Crippen molar-refractivity contribution in [1.82, 2.24) is 0 Å². The molecule has 1 N–H and O–H groups in total. The van der Waals surface area contributed by atoms with E-state index in [-0.39, 0.29) is 11.8 Å². The van der Waals surface area contributed by atoms with E-state index in [4.69, 9.17) is 11.6 Å². The van der Waals surface area contributed by atoms with Gasteiger partial charge >= 0.3 is 0 Å². The smallest absolute Gasteiger partial charge is 0.258 e. The number of hydrogen-bond donors (Lipinski definition) is 1. The third kappa shape index (κ3) is 4.03. The first-order valence-corrected chi connectivity index (χ1v) is 9.98. The van der Waals surface area contributed by atoms with Gasteiger partial charge in [0.25, 0.3) is 11.8 Å². The molecule has 0 aromatic heterocycles. The molecule has 3 aromatic rings. The third-order valence-corrected chi connectivity index (χ3v) is 5.41. The van der Waals surface area contributed by atoms with E-state index in [2.05, 4.69) is 5.32 Å². The van der Waals surface area contributed by atoms with Crippen LogP contribution in [0.15, 0.2) is 66.7 Å². The summed E-state index contributed by atoms with van der Waals surface area (Å²) in [6, 6.07) is 20.2. The average molecular weight is 405 g/mol. The molecular weight excluding hydrogens is 384 g/mol. The number of carbonyl (C=O) groups excluding carboxylic acids is 2. The van der Waals surface area contributed by atoms with Crippen LogP contribution < -0.4 is 10.2 Å². The monoisotopic (exact) mass is 404 g/mol. The highest BCUT2D eigenvalue weighted by Gasteiger charge is 2.24. The van der Waals surface area contributed by atoms with E-state index in [9.17, 15) is 9.59 Å². The van der Waals surface area contributed by atoms with Crippen molar-refractivity contribution >= 4 is 34.8 Å². The standard InChI is InChI=1S/C24H21ClN2O2/c1-16-6-2-3-10-21(16)26-23(28)18-11-12-22-17(14-18)8-5-13-27(22)24(29)19-7-4-9-20(25)15-19/h2-4,6-7,9-12,14-15H,5,8,13H2,1H3,(H,26,28). The van der Waals surface area contributed by atoms with E-state index in [0.717, 1.165) is 35.3 Å². The van der Waals surface area contributed by atoms with Crippen molar-refractivity contribution in [1.29, 1.82) is 0 Å². The molecule has 0 unspecified atom stereocenters. The van der Waals surface area contributed by atoms with Crippen molar-refractivity contribution in [3.8, 4) is 0 Å². The molecule has 5 heteroatoms. The number of amides is 2. The quantitative estimate of drug-likeness (QED) is 0.627. The fourth-order valence-electron chi connectivity index (χ4n) is 3.63. The van der Waals surface area contributed by atoms with Crippen LogP contribution in [0.1, 0.15) is 38.3 Å². The predicted octanol–water partition coefficient (Wildman–Crippen LogP) is 5.49. The number of aryl methyl sites for hydroxylation is 2. The van der Waals surface area contributed by atoms with Crippen LogP contribution in [0, 0.1) is 6.92 Å². The zero-order valence-corrected chi connectivity index (χ0v) is 16.9. The van der Waals surface area contributed by atoms with Crippen LogP contribution in [-0.4, -0.2) is 18.4 Å². The second-order valence-corrected chi connectivity index (χ2v) is 7.62. The summed E-state index contributed by atoms with van der Waals surface area (Å²) in [5.74, 6) is -0.231. The SMILES string of the molecule is Cc1ccccc1NC(=O)c1ccc2c(c1)CCCN2C(=O)c1cccc(Cl)c1. The minimum Gasteiger partial charge on any atom is -0.322 e. The molecule has 29 heavy (non-hydrogen) atoms. The predicted molar refractivity (Wildman–Crippen MR) is 117 cm³/mol. The maximum absolute atomic E-state index is 13.0. The molecule has 0 saturated carbocycles. The number of fused-ring (bicyclic) bond motifs is 1. The summed E-state index contributed by atoms with van der Waals surface area (Å²) in [6.07, 6.45) is 1.68. The molecule has 4 nitrogen and oxygen atoms in total. The van der Waals surface area contributed by atoms with Gasteiger partial charge in [0.05, 0.1) is 0 Å². The zero-order chi connectivity index (χ0) is 20.4. The Morgan fingerprint density at radius 1 is 0.966 bits per heavy atom. The van der Waals surface area contributed by atoms with Gasteiger partial charge in [-0.05, 0) is 73.4 Å². The Balaban J connectivity index is 1.59. The Bertz CT molecular complexity index is 1090. The summed E-state index contributed by atoms with van der Waals surface area (Å²) in [5.41, 5.74) is 4.82. The second-order valence-electron chi connectivity index (χ2n) is 7.18. The third-order valence-electron chi connectivity index (χ3n) is 5.17. The zero-order valence-electron chi connectivity index (χ0n) is 16.1. The summed E-state index contributed by atoms with van der Waals surface area (Å²) in [6.45, 7) is 2.61. The number of anilines is 2. The van der Waals surface area contributed by atoms with Gasteiger partial charge in [0, 0.05) is 34.1 Å². The Kier molecular flexibility index (Phi) is 5.36. The van der Waals surface area contributed by atoms with E-state index in [1.54, 1.807) is 35.2 Å². The number of para-hydroxylation sites is 1. The number of halogens is 1. The van der Waals surface area contributed by atoms with Gasteiger partial charge in [-0.1, -0.05) is 35.9 Å². The van der Waals surface area contributed by atoms with Crippen LogP contribution in [-0.2, 0) is 6.42 Å². The molecular formula is C24H21ClN2O2. The molecule has 0 spiro atoms. The van der Waals surface area contributed by atoms with Crippen molar-refractivity contribution in [2.45, 2.75) is 19.8 Å². The summed E-state index contributed by atoms with van der Waals surface area (Å²) in [7, 11) is 0. The molecule has 1 aliphatic rings. The first-order chi connectivity index (χ1) is 14.0. The largest absolute Gasteiger partial charge is 0.322 e. The normalized spacial score (nSPS) is 13.0. The molecule has 1 heterocycles. The van der Waals surface area contributed by atoms with E-state index in [1.165, 1.54) is 0 Å². The number of nitrogens with one attached hydrogen (secondary N) is 1. The number of nitrogens with zero attached hydrogens (tertiary/aromatic N) is 1. The summed E-state index contributed by atoms with van der Waals surface area (Å²) in [5, 5.41) is 3.50. The maximum atomic E-state index is 13.0. The lowest BCUT2D eigenvalue weighted by atomic mass is 9.98. The maximum Gasteiger partial charge on any atom is 0.258 e. The molecule has 2 amide bonds. The van der Waals surface area contributed by atoms with E-state index in [0.29, 0.717) is 22.7 Å². The lowest BCUT2D eigenvalue weighted by Gasteiger charge is -2.30. The minimum atomic E-state index is -0.152. The highest BCUT2D eigenvalue weighted by Crippen LogP contribution is 2.30. The molecule has 0 bridgehead atoms. The molecule has 0 aliphatic carbocycles. The molecule has 3 aromatic carbocycles. The second kappa shape index (κ2) is 8.10. The van der Waals surface area contributed by atoms with E-state index >= 15 is 0 Å². The first kappa shape index (κ1) is 19.2. The highest BCUT2D eigenvalue weighted by molar-refractivity contribution is 6.31. The molecule has 146 valence electrons.